The average Bonchev–Trinajstić information content (AvgIpc) is 2.53. The number of carbonyl (C=O) groups excluding carboxylic acids is 1. The van der Waals surface area contributed by atoms with E-state index in [0.717, 1.165) is 17.7 Å². The molecule has 1 N–H and O–H groups in total. The Hall–Kier alpha value is -2.34. The lowest BCUT2D eigenvalue weighted by atomic mass is 10.1. The number of amides is 1. The summed E-state index contributed by atoms with van der Waals surface area (Å²) in [6.07, 6.45) is -4.36. The van der Waals surface area contributed by atoms with Crippen molar-refractivity contribution in [2.45, 2.75) is 46.0 Å². The Morgan fingerprint density at radius 1 is 0.962 bits per heavy atom. The number of carbonyl (C=O) groups is 1. The smallest absolute Gasteiger partial charge is 0.284 e. The predicted octanol–water partition coefficient (Wildman–Crippen LogP) is 4.96. The summed E-state index contributed by atoms with van der Waals surface area (Å²) < 4.78 is 38.1. The first kappa shape index (κ1) is 20.0. The maximum Gasteiger partial charge on any atom is 0.416 e. The van der Waals surface area contributed by atoms with Gasteiger partial charge in [0, 0.05) is 17.6 Å². The highest BCUT2D eigenvalue weighted by Gasteiger charge is 2.30. The van der Waals surface area contributed by atoms with Crippen LogP contribution in [-0.4, -0.2) is 16.5 Å². The second kappa shape index (κ2) is 7.50. The quantitative estimate of drug-likeness (QED) is 0.778. The van der Waals surface area contributed by atoms with E-state index in [1.54, 1.807) is 17.1 Å². The average molecular weight is 364 g/mol. The molecule has 2 aromatic rings. The molecule has 3 nitrogen and oxygen atoms in total. The number of alkyl halides is 3. The molecule has 0 spiro atoms. The summed E-state index contributed by atoms with van der Waals surface area (Å²) in [6, 6.07) is 12.2. The monoisotopic (exact) mass is 364 g/mol. The van der Waals surface area contributed by atoms with Crippen molar-refractivity contribution in [2.24, 2.45) is 0 Å². The molecule has 0 heterocycles. The molecule has 2 aromatic carbocycles. The third-order valence-corrected chi connectivity index (χ3v) is 3.98. The van der Waals surface area contributed by atoms with Gasteiger partial charge in [0.25, 0.3) is 5.91 Å². The second-order valence-corrected chi connectivity index (χ2v) is 7.26. The zero-order valence-corrected chi connectivity index (χ0v) is 15.3. The highest BCUT2D eigenvalue weighted by Crippen LogP contribution is 2.29. The highest BCUT2D eigenvalue weighted by molar-refractivity contribution is 5.93. The lowest BCUT2D eigenvalue weighted by Gasteiger charge is -2.35. The minimum atomic E-state index is -4.36. The van der Waals surface area contributed by atoms with E-state index in [9.17, 15) is 18.0 Å². The molecular weight excluding hydrogens is 341 g/mol. The minimum absolute atomic E-state index is 0.258. The number of nitrogens with one attached hydrogen (secondary N) is 1. The molecule has 0 aliphatic heterocycles. The normalized spacial score (nSPS) is 12.3. The maximum atomic E-state index is 12.7. The van der Waals surface area contributed by atoms with Gasteiger partial charge in [-0.1, -0.05) is 29.8 Å². The van der Waals surface area contributed by atoms with E-state index in [-0.39, 0.29) is 5.91 Å². The number of hydrazine groups is 1. The molecule has 1 amide bonds. The molecule has 0 aromatic heterocycles. The van der Waals surface area contributed by atoms with Gasteiger partial charge < -0.3 is 0 Å². The number of halogens is 3. The van der Waals surface area contributed by atoms with E-state index in [4.69, 9.17) is 0 Å². The molecule has 0 fully saturated rings. The molecule has 0 unspecified atom stereocenters. The fourth-order valence-electron chi connectivity index (χ4n) is 2.32. The first-order chi connectivity index (χ1) is 12.0. The maximum absolute atomic E-state index is 12.7. The van der Waals surface area contributed by atoms with Crippen molar-refractivity contribution in [1.29, 1.82) is 0 Å². The van der Waals surface area contributed by atoms with E-state index >= 15 is 0 Å². The summed E-state index contributed by atoms with van der Waals surface area (Å²) in [5, 5.41) is 1.72. The van der Waals surface area contributed by atoms with Crippen LogP contribution in [0.1, 0.15) is 47.8 Å². The van der Waals surface area contributed by atoms with Gasteiger partial charge in [0.05, 0.1) is 5.56 Å². The summed E-state index contributed by atoms with van der Waals surface area (Å²) in [5.41, 5.74) is 4.01. The van der Waals surface area contributed by atoms with Crippen LogP contribution in [0.15, 0.2) is 48.5 Å². The van der Waals surface area contributed by atoms with Crippen LogP contribution in [-0.2, 0) is 12.7 Å². The summed E-state index contributed by atoms with van der Waals surface area (Å²) in [6.45, 7) is 8.00. The van der Waals surface area contributed by atoms with Crippen molar-refractivity contribution < 1.29 is 18.0 Å². The zero-order valence-electron chi connectivity index (χ0n) is 15.3. The van der Waals surface area contributed by atoms with Crippen molar-refractivity contribution >= 4 is 5.91 Å². The van der Waals surface area contributed by atoms with Crippen LogP contribution in [0.2, 0.25) is 0 Å². The Labute approximate surface area is 151 Å². The second-order valence-electron chi connectivity index (χ2n) is 7.26. The SMILES string of the molecule is Cc1ccc(C(=O)NN(Cc2ccc(C(F)(F)F)cc2)C(C)(C)C)cc1. The summed E-state index contributed by atoms with van der Waals surface area (Å²) >= 11 is 0. The Morgan fingerprint density at radius 2 is 1.50 bits per heavy atom. The first-order valence-electron chi connectivity index (χ1n) is 8.28. The van der Waals surface area contributed by atoms with Crippen molar-refractivity contribution in [3.63, 3.8) is 0 Å². The van der Waals surface area contributed by atoms with Gasteiger partial charge in [0.15, 0.2) is 0 Å². The van der Waals surface area contributed by atoms with Crippen LogP contribution in [0, 0.1) is 6.92 Å². The van der Waals surface area contributed by atoms with Crippen LogP contribution in [0.5, 0.6) is 0 Å². The van der Waals surface area contributed by atoms with Crippen LogP contribution < -0.4 is 5.43 Å². The van der Waals surface area contributed by atoms with Gasteiger partial charge in [-0.15, -0.1) is 0 Å². The molecule has 26 heavy (non-hydrogen) atoms. The molecule has 2 rings (SSSR count). The van der Waals surface area contributed by atoms with Crippen molar-refractivity contribution in [3.8, 4) is 0 Å². The highest BCUT2D eigenvalue weighted by atomic mass is 19.4. The van der Waals surface area contributed by atoms with Crippen LogP contribution in [0.25, 0.3) is 0 Å². The molecule has 0 radical (unpaired) electrons. The number of nitrogens with zero attached hydrogens (tertiary/aromatic N) is 1. The van der Waals surface area contributed by atoms with Crippen LogP contribution in [0.4, 0.5) is 13.2 Å². The summed E-state index contributed by atoms with van der Waals surface area (Å²) in [4.78, 5) is 12.5. The number of hydrogen-bond acceptors (Lipinski definition) is 2. The Morgan fingerprint density at radius 3 is 1.96 bits per heavy atom. The molecule has 0 atom stereocenters. The molecule has 0 aliphatic rings. The lowest BCUT2D eigenvalue weighted by molar-refractivity contribution is -0.137. The lowest BCUT2D eigenvalue weighted by Crippen LogP contribution is -2.52. The Bertz CT molecular complexity index is 745. The zero-order chi connectivity index (χ0) is 19.5. The summed E-state index contributed by atoms with van der Waals surface area (Å²) in [5.74, 6) is -0.258. The Balaban J connectivity index is 2.15. The van der Waals surface area contributed by atoms with E-state index in [1.807, 2.05) is 39.8 Å². The molecule has 0 saturated heterocycles. The van der Waals surface area contributed by atoms with Crippen molar-refractivity contribution in [3.05, 3.63) is 70.8 Å². The van der Waals surface area contributed by atoms with Gasteiger partial charge in [-0.3, -0.25) is 10.2 Å². The fraction of sp³-hybridized carbons (Fsp3) is 0.350. The number of aryl methyl sites for hydroxylation is 1. The van der Waals surface area contributed by atoms with Crippen LogP contribution in [0.3, 0.4) is 0 Å². The first-order valence-corrected chi connectivity index (χ1v) is 8.28. The van der Waals surface area contributed by atoms with Gasteiger partial charge in [0.1, 0.15) is 0 Å². The van der Waals surface area contributed by atoms with Crippen molar-refractivity contribution in [1.82, 2.24) is 10.4 Å². The van der Waals surface area contributed by atoms with Gasteiger partial charge in [-0.25, -0.2) is 5.01 Å². The number of benzene rings is 2. The molecule has 0 aliphatic carbocycles. The molecule has 140 valence electrons. The van der Waals surface area contributed by atoms with Gasteiger partial charge in [0.2, 0.25) is 0 Å². The van der Waals surface area contributed by atoms with Gasteiger partial charge in [-0.05, 0) is 57.5 Å². The minimum Gasteiger partial charge on any atom is -0.284 e. The predicted molar refractivity (Wildman–Crippen MR) is 95.4 cm³/mol. The Kier molecular flexibility index (Phi) is 5.76. The third kappa shape index (κ3) is 5.33. The van der Waals surface area contributed by atoms with E-state index in [0.29, 0.717) is 17.7 Å². The molecular formula is C20H23F3N2O. The largest absolute Gasteiger partial charge is 0.416 e. The van der Waals surface area contributed by atoms with Gasteiger partial charge in [-0.2, -0.15) is 13.2 Å². The molecule has 6 heteroatoms. The standard InChI is InChI=1S/C20H23F3N2O/c1-14-5-9-16(10-6-14)18(26)24-25(19(2,3)4)13-15-7-11-17(12-8-15)20(21,22)23/h5-12H,13H2,1-4H3,(H,24,26). The molecule has 0 bridgehead atoms. The third-order valence-electron chi connectivity index (χ3n) is 3.98. The van der Waals surface area contributed by atoms with E-state index < -0.39 is 17.3 Å². The summed E-state index contributed by atoms with van der Waals surface area (Å²) in [7, 11) is 0. The van der Waals surface area contributed by atoms with Crippen molar-refractivity contribution in [2.75, 3.05) is 0 Å². The van der Waals surface area contributed by atoms with Crippen LogP contribution >= 0.6 is 0 Å². The van der Waals surface area contributed by atoms with Gasteiger partial charge >= 0.3 is 6.18 Å². The topological polar surface area (TPSA) is 32.3 Å². The molecule has 0 saturated carbocycles. The number of rotatable bonds is 4. The fourth-order valence-corrected chi connectivity index (χ4v) is 2.32. The van der Waals surface area contributed by atoms with E-state index in [2.05, 4.69) is 5.43 Å². The van der Waals surface area contributed by atoms with E-state index in [1.165, 1.54) is 12.1 Å². The number of hydrogen-bond donors (Lipinski definition) is 1.